The molecule has 0 aliphatic carbocycles. The first-order valence-corrected chi connectivity index (χ1v) is 9.48. The van der Waals surface area contributed by atoms with Gasteiger partial charge in [-0.25, -0.2) is 4.79 Å². The molecule has 0 atom stereocenters. The largest absolute Gasteiger partial charge is 0.493 e. The highest BCUT2D eigenvalue weighted by atomic mass is 16.5. The fraction of sp³-hybridized carbons (Fsp3) is 0.261. The number of amides is 1. The third-order valence-electron chi connectivity index (χ3n) is 4.12. The minimum Gasteiger partial charge on any atom is -0.493 e. The normalized spacial score (nSPS) is 10.2. The number of carbonyl (C=O) groups excluding carboxylic acids is 2. The SMILES string of the molecule is COc1ccc(CCNC(=O)COC(=O)/C=C/c2ccc(OCC#N)cc2)cc1OC. The van der Waals surface area contributed by atoms with Crippen molar-refractivity contribution in [3.05, 3.63) is 59.7 Å². The molecule has 0 unspecified atom stereocenters. The van der Waals surface area contributed by atoms with Crippen molar-refractivity contribution in [2.75, 3.05) is 34.0 Å². The molecule has 0 radical (unpaired) electrons. The highest BCUT2D eigenvalue weighted by Crippen LogP contribution is 2.27. The number of rotatable bonds is 11. The van der Waals surface area contributed by atoms with Gasteiger partial charge in [0.2, 0.25) is 0 Å². The topological polar surface area (TPSA) is 107 Å². The number of benzene rings is 2. The van der Waals surface area contributed by atoms with Crippen molar-refractivity contribution >= 4 is 18.0 Å². The van der Waals surface area contributed by atoms with Crippen LogP contribution in [0.4, 0.5) is 0 Å². The van der Waals surface area contributed by atoms with E-state index in [1.807, 2.05) is 18.2 Å². The summed E-state index contributed by atoms with van der Waals surface area (Å²) in [6, 6.07) is 14.3. The van der Waals surface area contributed by atoms with Crippen LogP contribution in [0.3, 0.4) is 0 Å². The first kappa shape index (κ1) is 23.3. The van der Waals surface area contributed by atoms with E-state index in [4.69, 9.17) is 24.2 Å². The van der Waals surface area contributed by atoms with Gasteiger partial charge in [0.1, 0.15) is 11.8 Å². The molecular weight excluding hydrogens is 400 g/mol. The Bertz CT molecular complexity index is 948. The van der Waals surface area contributed by atoms with Crippen LogP contribution in [0.5, 0.6) is 17.2 Å². The second-order valence-corrected chi connectivity index (χ2v) is 6.25. The van der Waals surface area contributed by atoms with E-state index < -0.39 is 5.97 Å². The maximum atomic E-state index is 11.9. The average molecular weight is 424 g/mol. The molecule has 0 fully saturated rings. The lowest BCUT2D eigenvalue weighted by Crippen LogP contribution is -2.30. The Labute approximate surface area is 181 Å². The molecule has 0 aromatic heterocycles. The van der Waals surface area contributed by atoms with Crippen LogP contribution in [0.2, 0.25) is 0 Å². The third-order valence-corrected chi connectivity index (χ3v) is 4.12. The van der Waals surface area contributed by atoms with Gasteiger partial charge in [-0.3, -0.25) is 4.79 Å². The monoisotopic (exact) mass is 424 g/mol. The number of carbonyl (C=O) groups is 2. The van der Waals surface area contributed by atoms with E-state index in [9.17, 15) is 9.59 Å². The van der Waals surface area contributed by atoms with Crippen LogP contribution in [0.25, 0.3) is 6.08 Å². The Kier molecular flexibility index (Phi) is 9.43. The molecule has 8 heteroatoms. The molecule has 0 heterocycles. The Morgan fingerprint density at radius 3 is 2.48 bits per heavy atom. The Balaban J connectivity index is 1.70. The molecule has 1 amide bonds. The predicted molar refractivity (Wildman–Crippen MR) is 114 cm³/mol. The summed E-state index contributed by atoms with van der Waals surface area (Å²) in [4.78, 5) is 23.6. The number of nitriles is 1. The van der Waals surface area contributed by atoms with Gasteiger partial charge in [-0.05, 0) is 47.9 Å². The molecule has 0 aliphatic heterocycles. The fourth-order valence-corrected chi connectivity index (χ4v) is 2.57. The summed E-state index contributed by atoms with van der Waals surface area (Å²) < 4.78 is 20.5. The Morgan fingerprint density at radius 2 is 1.81 bits per heavy atom. The maximum Gasteiger partial charge on any atom is 0.331 e. The average Bonchev–Trinajstić information content (AvgIpc) is 2.80. The van der Waals surface area contributed by atoms with Gasteiger partial charge >= 0.3 is 5.97 Å². The molecule has 2 aromatic rings. The van der Waals surface area contributed by atoms with Crippen molar-refractivity contribution in [1.82, 2.24) is 5.32 Å². The van der Waals surface area contributed by atoms with Crippen molar-refractivity contribution < 1.29 is 28.5 Å². The Hall–Kier alpha value is -3.99. The van der Waals surface area contributed by atoms with Crippen molar-refractivity contribution in [3.63, 3.8) is 0 Å². The first-order chi connectivity index (χ1) is 15.0. The molecule has 0 aliphatic rings. The summed E-state index contributed by atoms with van der Waals surface area (Å²) >= 11 is 0. The molecule has 31 heavy (non-hydrogen) atoms. The molecule has 2 aromatic carbocycles. The van der Waals surface area contributed by atoms with Crippen molar-refractivity contribution in [3.8, 4) is 23.3 Å². The fourth-order valence-electron chi connectivity index (χ4n) is 2.57. The molecule has 0 spiro atoms. The smallest absolute Gasteiger partial charge is 0.331 e. The van der Waals surface area contributed by atoms with E-state index in [1.165, 1.54) is 6.08 Å². The standard InChI is InChI=1S/C23H24N2O6/c1-28-20-9-5-18(15-21(20)29-2)11-13-25-22(26)16-31-23(27)10-6-17-3-7-19(8-4-17)30-14-12-24/h3-10,15H,11,13-14,16H2,1-2H3,(H,25,26)/b10-6+. The van der Waals surface area contributed by atoms with Crippen molar-refractivity contribution in [2.45, 2.75) is 6.42 Å². The van der Waals surface area contributed by atoms with Crippen LogP contribution >= 0.6 is 0 Å². The first-order valence-electron chi connectivity index (χ1n) is 9.48. The summed E-state index contributed by atoms with van der Waals surface area (Å²) in [5, 5.41) is 11.2. The number of hydrogen-bond acceptors (Lipinski definition) is 7. The zero-order valence-electron chi connectivity index (χ0n) is 17.4. The number of methoxy groups -OCH3 is 2. The quantitative estimate of drug-likeness (QED) is 0.436. The zero-order chi connectivity index (χ0) is 22.5. The lowest BCUT2D eigenvalue weighted by atomic mass is 10.1. The van der Waals surface area contributed by atoms with E-state index >= 15 is 0 Å². The van der Waals surface area contributed by atoms with Crippen LogP contribution in [0.1, 0.15) is 11.1 Å². The lowest BCUT2D eigenvalue weighted by Gasteiger charge is -2.10. The van der Waals surface area contributed by atoms with Gasteiger partial charge in [-0.1, -0.05) is 18.2 Å². The molecule has 0 bridgehead atoms. The molecule has 2 rings (SSSR count). The van der Waals surface area contributed by atoms with E-state index in [2.05, 4.69) is 5.32 Å². The van der Waals surface area contributed by atoms with E-state index in [-0.39, 0.29) is 19.1 Å². The molecule has 162 valence electrons. The van der Waals surface area contributed by atoms with Gasteiger partial charge in [-0.2, -0.15) is 5.26 Å². The second kappa shape index (κ2) is 12.5. The Morgan fingerprint density at radius 1 is 1.06 bits per heavy atom. The van der Waals surface area contributed by atoms with E-state index in [0.29, 0.717) is 30.2 Å². The minimum atomic E-state index is -0.625. The number of nitrogens with one attached hydrogen (secondary N) is 1. The van der Waals surface area contributed by atoms with Gasteiger partial charge in [0, 0.05) is 12.6 Å². The number of ether oxygens (including phenoxy) is 4. The van der Waals surface area contributed by atoms with Gasteiger partial charge in [-0.15, -0.1) is 0 Å². The summed E-state index contributed by atoms with van der Waals surface area (Å²) in [5.74, 6) is 0.807. The van der Waals surface area contributed by atoms with E-state index in [1.54, 1.807) is 50.6 Å². The van der Waals surface area contributed by atoms with Crippen LogP contribution in [0.15, 0.2) is 48.5 Å². The molecular formula is C23H24N2O6. The zero-order valence-corrected chi connectivity index (χ0v) is 17.4. The highest BCUT2D eigenvalue weighted by Gasteiger charge is 2.07. The lowest BCUT2D eigenvalue weighted by molar-refractivity contribution is -0.143. The van der Waals surface area contributed by atoms with Crippen LogP contribution < -0.4 is 19.5 Å². The van der Waals surface area contributed by atoms with Crippen molar-refractivity contribution in [2.24, 2.45) is 0 Å². The van der Waals surface area contributed by atoms with Crippen LogP contribution in [-0.2, 0) is 20.7 Å². The van der Waals surface area contributed by atoms with E-state index in [0.717, 1.165) is 11.1 Å². The van der Waals surface area contributed by atoms with Gasteiger partial charge < -0.3 is 24.3 Å². The summed E-state index contributed by atoms with van der Waals surface area (Å²) in [7, 11) is 3.13. The van der Waals surface area contributed by atoms with Gasteiger partial charge in [0.05, 0.1) is 14.2 Å². The number of nitrogens with zero attached hydrogens (tertiary/aromatic N) is 1. The highest BCUT2D eigenvalue weighted by molar-refractivity contribution is 5.89. The summed E-state index contributed by atoms with van der Waals surface area (Å²) in [5.41, 5.74) is 1.72. The van der Waals surface area contributed by atoms with Crippen LogP contribution in [-0.4, -0.2) is 45.9 Å². The predicted octanol–water partition coefficient (Wildman–Crippen LogP) is 2.52. The second-order valence-electron chi connectivity index (χ2n) is 6.25. The minimum absolute atomic E-state index is 0.0299. The van der Waals surface area contributed by atoms with Gasteiger partial charge in [0.15, 0.2) is 24.7 Å². The summed E-state index contributed by atoms with van der Waals surface area (Å²) in [6.45, 7) is -0.00413. The molecule has 1 N–H and O–H groups in total. The summed E-state index contributed by atoms with van der Waals surface area (Å²) in [6.07, 6.45) is 3.39. The van der Waals surface area contributed by atoms with Crippen LogP contribution in [0, 0.1) is 11.3 Å². The molecule has 0 saturated heterocycles. The maximum absolute atomic E-state index is 11.9. The van der Waals surface area contributed by atoms with Crippen molar-refractivity contribution in [1.29, 1.82) is 5.26 Å². The molecule has 8 nitrogen and oxygen atoms in total. The third kappa shape index (κ3) is 8.11. The molecule has 0 saturated carbocycles. The number of esters is 1. The van der Waals surface area contributed by atoms with Gasteiger partial charge in [0.25, 0.3) is 5.91 Å². The number of hydrogen-bond donors (Lipinski definition) is 1.